The Balaban J connectivity index is 2.34. The highest BCUT2D eigenvalue weighted by molar-refractivity contribution is 7.15. The van der Waals surface area contributed by atoms with Gasteiger partial charge in [-0.05, 0) is 32.7 Å². The normalized spacial score (nSPS) is 12.6. The molecule has 0 amide bonds. The number of thiazole rings is 1. The molecule has 0 aliphatic carbocycles. The summed E-state index contributed by atoms with van der Waals surface area (Å²) in [5.74, 6) is 0.824. The number of anilines is 1. The number of rotatable bonds is 11. The highest BCUT2D eigenvalue weighted by atomic mass is 32.1. The van der Waals surface area contributed by atoms with Crippen LogP contribution in [0.4, 0.5) is 5.13 Å². The maximum absolute atomic E-state index is 4.53. The van der Waals surface area contributed by atoms with E-state index >= 15 is 0 Å². The van der Waals surface area contributed by atoms with Crippen LogP contribution in [-0.2, 0) is 6.54 Å². The SMILES string of the molecule is CCCCC(CC)CNCc1cnc(N(CC)CC)s1. The van der Waals surface area contributed by atoms with Crippen molar-refractivity contribution in [1.82, 2.24) is 10.3 Å². The van der Waals surface area contributed by atoms with Gasteiger partial charge in [-0.1, -0.05) is 33.1 Å². The molecule has 1 aromatic heterocycles. The Hall–Kier alpha value is -0.610. The summed E-state index contributed by atoms with van der Waals surface area (Å²) in [4.78, 5) is 8.18. The van der Waals surface area contributed by atoms with E-state index in [1.807, 2.05) is 17.5 Å². The van der Waals surface area contributed by atoms with E-state index in [-0.39, 0.29) is 0 Å². The van der Waals surface area contributed by atoms with Gasteiger partial charge in [-0.2, -0.15) is 0 Å². The maximum atomic E-state index is 4.53. The molecule has 0 fully saturated rings. The molecule has 1 N–H and O–H groups in total. The molecule has 3 nitrogen and oxygen atoms in total. The first-order valence-corrected chi connectivity index (χ1v) is 8.97. The fourth-order valence-corrected chi connectivity index (χ4v) is 3.37. The minimum Gasteiger partial charge on any atom is -0.349 e. The minimum absolute atomic E-state index is 0.824. The summed E-state index contributed by atoms with van der Waals surface area (Å²) in [5, 5.41) is 4.76. The molecule has 1 aromatic rings. The van der Waals surface area contributed by atoms with Gasteiger partial charge in [-0.25, -0.2) is 4.98 Å². The number of nitrogens with zero attached hydrogens (tertiary/aromatic N) is 2. The minimum atomic E-state index is 0.824. The molecule has 0 aliphatic heterocycles. The van der Waals surface area contributed by atoms with Crippen LogP contribution in [0.3, 0.4) is 0 Å². The Bertz CT molecular complexity index is 347. The van der Waals surface area contributed by atoms with Gasteiger partial charge in [0.15, 0.2) is 5.13 Å². The maximum Gasteiger partial charge on any atom is 0.185 e. The largest absolute Gasteiger partial charge is 0.349 e. The molecule has 1 unspecified atom stereocenters. The zero-order valence-corrected chi connectivity index (χ0v) is 14.4. The number of hydrogen-bond donors (Lipinski definition) is 1. The van der Waals surface area contributed by atoms with Crippen LogP contribution in [0.2, 0.25) is 0 Å². The number of nitrogens with one attached hydrogen (secondary N) is 1. The fraction of sp³-hybridized carbons (Fsp3) is 0.812. The van der Waals surface area contributed by atoms with Crippen molar-refractivity contribution in [3.63, 3.8) is 0 Å². The van der Waals surface area contributed by atoms with E-state index in [0.29, 0.717) is 0 Å². The molecular weight excluding hydrogens is 266 g/mol. The van der Waals surface area contributed by atoms with Crippen molar-refractivity contribution >= 4 is 16.5 Å². The summed E-state index contributed by atoms with van der Waals surface area (Å²) in [6.45, 7) is 13.1. The van der Waals surface area contributed by atoms with Crippen molar-refractivity contribution in [3.05, 3.63) is 11.1 Å². The molecule has 0 spiro atoms. The van der Waals surface area contributed by atoms with Crippen LogP contribution in [0.15, 0.2) is 6.20 Å². The molecule has 0 aromatic carbocycles. The molecule has 1 atom stereocenters. The van der Waals surface area contributed by atoms with E-state index < -0.39 is 0 Å². The first kappa shape index (κ1) is 17.4. The molecule has 0 aliphatic rings. The van der Waals surface area contributed by atoms with Gasteiger partial charge in [0.05, 0.1) is 0 Å². The zero-order valence-electron chi connectivity index (χ0n) is 13.6. The second kappa shape index (κ2) is 10.2. The molecule has 1 heterocycles. The summed E-state index contributed by atoms with van der Waals surface area (Å²) >= 11 is 1.82. The standard InChI is InChI=1S/C16H31N3S/c1-5-9-10-14(6-2)11-17-12-15-13-18-16(20-15)19(7-3)8-4/h13-14,17H,5-12H2,1-4H3. The highest BCUT2D eigenvalue weighted by Gasteiger charge is 2.09. The predicted molar refractivity (Wildman–Crippen MR) is 90.7 cm³/mol. The summed E-state index contributed by atoms with van der Waals surface area (Å²) in [5.41, 5.74) is 0. The van der Waals surface area contributed by atoms with Gasteiger partial charge in [0, 0.05) is 30.7 Å². The first-order chi connectivity index (χ1) is 9.74. The van der Waals surface area contributed by atoms with Gasteiger partial charge >= 0.3 is 0 Å². The molecule has 0 saturated carbocycles. The van der Waals surface area contributed by atoms with E-state index in [2.05, 4.69) is 42.9 Å². The summed E-state index contributed by atoms with van der Waals surface area (Å²) in [6, 6.07) is 0. The Morgan fingerprint density at radius 3 is 2.60 bits per heavy atom. The Morgan fingerprint density at radius 1 is 1.25 bits per heavy atom. The first-order valence-electron chi connectivity index (χ1n) is 8.15. The summed E-state index contributed by atoms with van der Waals surface area (Å²) in [6.07, 6.45) is 7.32. The second-order valence-electron chi connectivity index (χ2n) is 5.33. The third kappa shape index (κ3) is 5.80. The van der Waals surface area contributed by atoms with Gasteiger partial charge in [0.25, 0.3) is 0 Å². The van der Waals surface area contributed by atoms with Gasteiger partial charge in [-0.3, -0.25) is 0 Å². The molecule has 0 radical (unpaired) electrons. The van der Waals surface area contributed by atoms with Crippen molar-refractivity contribution in [2.75, 3.05) is 24.5 Å². The molecule has 116 valence electrons. The smallest absolute Gasteiger partial charge is 0.185 e. The average molecular weight is 298 g/mol. The van der Waals surface area contributed by atoms with Crippen molar-refractivity contribution in [3.8, 4) is 0 Å². The van der Waals surface area contributed by atoms with Crippen molar-refractivity contribution in [2.24, 2.45) is 5.92 Å². The third-order valence-corrected chi connectivity index (χ3v) is 4.91. The summed E-state index contributed by atoms with van der Waals surface area (Å²) in [7, 11) is 0. The monoisotopic (exact) mass is 297 g/mol. The topological polar surface area (TPSA) is 28.2 Å². The van der Waals surface area contributed by atoms with Crippen LogP contribution in [0.1, 0.15) is 58.3 Å². The van der Waals surface area contributed by atoms with Crippen molar-refractivity contribution in [1.29, 1.82) is 0 Å². The van der Waals surface area contributed by atoms with Crippen LogP contribution in [-0.4, -0.2) is 24.6 Å². The lowest BCUT2D eigenvalue weighted by Crippen LogP contribution is -2.22. The van der Waals surface area contributed by atoms with Crippen LogP contribution in [0, 0.1) is 5.92 Å². The number of unbranched alkanes of at least 4 members (excludes halogenated alkanes) is 1. The highest BCUT2D eigenvalue weighted by Crippen LogP contribution is 2.22. The van der Waals surface area contributed by atoms with E-state index in [0.717, 1.165) is 37.2 Å². The predicted octanol–water partition coefficient (Wildman–Crippen LogP) is 4.30. The molecular formula is C16H31N3S. The summed E-state index contributed by atoms with van der Waals surface area (Å²) < 4.78 is 0. The quantitative estimate of drug-likeness (QED) is 0.660. The second-order valence-corrected chi connectivity index (χ2v) is 6.42. The van der Waals surface area contributed by atoms with Gasteiger partial charge < -0.3 is 10.2 Å². The van der Waals surface area contributed by atoms with Crippen LogP contribution in [0.25, 0.3) is 0 Å². The number of hydrogen-bond acceptors (Lipinski definition) is 4. The van der Waals surface area contributed by atoms with Crippen LogP contribution < -0.4 is 10.2 Å². The molecule has 0 saturated heterocycles. The lowest BCUT2D eigenvalue weighted by Gasteiger charge is -2.16. The van der Waals surface area contributed by atoms with E-state index in [1.165, 1.54) is 30.6 Å². The zero-order chi connectivity index (χ0) is 14.8. The molecule has 20 heavy (non-hydrogen) atoms. The lowest BCUT2D eigenvalue weighted by molar-refractivity contribution is 0.420. The van der Waals surface area contributed by atoms with Crippen LogP contribution >= 0.6 is 11.3 Å². The van der Waals surface area contributed by atoms with Crippen LogP contribution in [0.5, 0.6) is 0 Å². The third-order valence-electron chi connectivity index (χ3n) is 3.85. The fourth-order valence-electron chi connectivity index (χ4n) is 2.36. The van der Waals surface area contributed by atoms with E-state index in [1.54, 1.807) is 0 Å². The van der Waals surface area contributed by atoms with Crippen molar-refractivity contribution in [2.45, 2.75) is 59.9 Å². The van der Waals surface area contributed by atoms with Gasteiger partial charge in [-0.15, -0.1) is 11.3 Å². The lowest BCUT2D eigenvalue weighted by atomic mass is 9.99. The van der Waals surface area contributed by atoms with E-state index in [4.69, 9.17) is 0 Å². The Labute approximate surface area is 128 Å². The van der Waals surface area contributed by atoms with Gasteiger partial charge in [0.1, 0.15) is 0 Å². The van der Waals surface area contributed by atoms with Gasteiger partial charge in [0.2, 0.25) is 0 Å². The Morgan fingerprint density at radius 2 is 2.00 bits per heavy atom. The molecule has 0 bridgehead atoms. The molecule has 4 heteroatoms. The van der Waals surface area contributed by atoms with Crippen molar-refractivity contribution < 1.29 is 0 Å². The number of aromatic nitrogens is 1. The average Bonchev–Trinajstić information content (AvgIpc) is 2.92. The molecule has 1 rings (SSSR count). The Kier molecular flexibility index (Phi) is 8.86. The van der Waals surface area contributed by atoms with E-state index in [9.17, 15) is 0 Å².